The first-order valence-corrected chi connectivity index (χ1v) is 14.7. The number of nitrogens with one attached hydrogen (secondary N) is 3. The van der Waals surface area contributed by atoms with Gasteiger partial charge in [0.2, 0.25) is 0 Å². The Morgan fingerprint density at radius 1 is 1.02 bits per heavy atom. The minimum absolute atomic E-state index is 0.0656. The van der Waals surface area contributed by atoms with Crippen molar-refractivity contribution in [3.8, 4) is 17.0 Å². The number of hydrazone groups is 1. The van der Waals surface area contributed by atoms with Crippen LogP contribution in [0, 0.1) is 12.7 Å². The fourth-order valence-corrected chi connectivity index (χ4v) is 5.00. The van der Waals surface area contributed by atoms with E-state index in [1.165, 1.54) is 41.3 Å². The monoisotopic (exact) mass is 657 g/mol. The van der Waals surface area contributed by atoms with Crippen LogP contribution in [-0.4, -0.2) is 29.6 Å². The van der Waals surface area contributed by atoms with Crippen molar-refractivity contribution in [2.75, 3.05) is 17.2 Å². The summed E-state index contributed by atoms with van der Waals surface area (Å²) < 4.78 is 20.2. The number of rotatable bonds is 10. The Balaban J connectivity index is 1.17. The molecule has 0 spiro atoms. The van der Waals surface area contributed by atoms with Gasteiger partial charge in [-0.15, -0.1) is 11.3 Å². The van der Waals surface area contributed by atoms with Crippen molar-refractivity contribution in [3.05, 3.63) is 123 Å². The molecule has 0 atom stereocenters. The Bertz CT molecular complexity index is 1780. The van der Waals surface area contributed by atoms with Gasteiger partial charge in [0.25, 0.3) is 11.8 Å². The molecule has 8 nitrogen and oxygen atoms in total. The summed E-state index contributed by atoms with van der Waals surface area (Å²) in [5.41, 5.74) is 7.34. The standard InChI is InChI=1S/C32H25BrFN5O3S/c1-20-6-13-25(14-7-20)36-32-38-28(19-43-32)21-8-10-22(11-9-21)31(41)39-35-17-23-16-24(33)12-15-29(23)42-18-30(40)37-27-5-3-2-4-26(27)34/h2-17,19H,18H2,1H3,(H,36,38)(H,37,40)(H,39,41)/b35-17+. The lowest BCUT2D eigenvalue weighted by molar-refractivity contribution is -0.118. The van der Waals surface area contributed by atoms with Gasteiger partial charge in [-0.25, -0.2) is 14.8 Å². The van der Waals surface area contributed by atoms with Gasteiger partial charge in [0.05, 0.1) is 17.6 Å². The van der Waals surface area contributed by atoms with E-state index in [9.17, 15) is 14.0 Å². The number of aromatic nitrogens is 1. The van der Waals surface area contributed by atoms with Gasteiger partial charge in [0.15, 0.2) is 11.7 Å². The van der Waals surface area contributed by atoms with Crippen LogP contribution in [0.1, 0.15) is 21.5 Å². The quantitative estimate of drug-likeness (QED) is 0.106. The van der Waals surface area contributed by atoms with E-state index in [1.54, 1.807) is 36.4 Å². The summed E-state index contributed by atoms with van der Waals surface area (Å²) in [5.74, 6) is -1.11. The highest BCUT2D eigenvalue weighted by Gasteiger charge is 2.11. The third-order valence-electron chi connectivity index (χ3n) is 6.10. The zero-order chi connectivity index (χ0) is 30.2. The molecule has 0 saturated heterocycles. The lowest BCUT2D eigenvalue weighted by Gasteiger charge is -2.10. The van der Waals surface area contributed by atoms with Crippen molar-refractivity contribution in [2.45, 2.75) is 6.92 Å². The van der Waals surface area contributed by atoms with E-state index in [1.807, 2.05) is 48.7 Å². The summed E-state index contributed by atoms with van der Waals surface area (Å²) in [6, 6.07) is 26.1. The van der Waals surface area contributed by atoms with Gasteiger partial charge in [0, 0.05) is 32.2 Å². The second-order valence-electron chi connectivity index (χ2n) is 9.30. The molecule has 11 heteroatoms. The number of anilines is 3. The van der Waals surface area contributed by atoms with Crippen LogP contribution in [0.3, 0.4) is 0 Å². The number of nitrogens with zero attached hydrogens (tertiary/aromatic N) is 2. The number of hydrogen-bond donors (Lipinski definition) is 3. The van der Waals surface area contributed by atoms with Crippen LogP contribution in [0.25, 0.3) is 11.3 Å². The molecule has 3 N–H and O–H groups in total. The number of benzene rings is 4. The van der Waals surface area contributed by atoms with Gasteiger partial charge in [-0.2, -0.15) is 5.10 Å². The van der Waals surface area contributed by atoms with E-state index in [-0.39, 0.29) is 12.3 Å². The third-order valence-corrected chi connectivity index (χ3v) is 7.35. The van der Waals surface area contributed by atoms with Crippen molar-refractivity contribution in [1.82, 2.24) is 10.4 Å². The molecular formula is C32H25BrFN5O3S. The van der Waals surface area contributed by atoms with E-state index in [4.69, 9.17) is 4.74 Å². The predicted octanol–water partition coefficient (Wildman–Crippen LogP) is 7.55. The summed E-state index contributed by atoms with van der Waals surface area (Å²) >= 11 is 4.90. The highest BCUT2D eigenvalue weighted by molar-refractivity contribution is 9.10. The van der Waals surface area contributed by atoms with E-state index in [2.05, 4.69) is 42.1 Å². The summed E-state index contributed by atoms with van der Waals surface area (Å²) in [6.07, 6.45) is 1.42. The number of amides is 2. The number of ether oxygens (including phenoxy) is 1. The molecule has 1 heterocycles. The lowest BCUT2D eigenvalue weighted by Crippen LogP contribution is -2.21. The van der Waals surface area contributed by atoms with Crippen LogP contribution < -0.4 is 20.8 Å². The van der Waals surface area contributed by atoms with Crippen molar-refractivity contribution >= 4 is 61.8 Å². The van der Waals surface area contributed by atoms with Crippen LogP contribution in [-0.2, 0) is 4.79 Å². The second kappa shape index (κ2) is 13.9. The minimum Gasteiger partial charge on any atom is -0.483 e. The van der Waals surface area contributed by atoms with Crippen LogP contribution in [0.5, 0.6) is 5.75 Å². The summed E-state index contributed by atoms with van der Waals surface area (Å²) in [4.78, 5) is 29.6. The zero-order valence-electron chi connectivity index (χ0n) is 22.8. The molecule has 0 aliphatic rings. The van der Waals surface area contributed by atoms with Crippen molar-refractivity contribution < 1.29 is 18.7 Å². The SMILES string of the molecule is Cc1ccc(Nc2nc(-c3ccc(C(=O)N/N=C/c4cc(Br)ccc4OCC(=O)Nc4ccccc4F)cc3)cs2)cc1. The maximum atomic E-state index is 13.8. The Labute approximate surface area is 259 Å². The third kappa shape index (κ3) is 8.12. The van der Waals surface area contributed by atoms with E-state index in [0.717, 1.165) is 26.5 Å². The normalized spacial score (nSPS) is 10.9. The molecule has 0 saturated carbocycles. The molecule has 0 aliphatic heterocycles. The lowest BCUT2D eigenvalue weighted by atomic mass is 10.1. The molecule has 4 aromatic carbocycles. The number of aryl methyl sites for hydroxylation is 1. The number of para-hydroxylation sites is 1. The molecule has 1 aromatic heterocycles. The van der Waals surface area contributed by atoms with Crippen LogP contribution in [0.2, 0.25) is 0 Å². The first-order chi connectivity index (χ1) is 20.8. The van der Waals surface area contributed by atoms with E-state index >= 15 is 0 Å². The summed E-state index contributed by atoms with van der Waals surface area (Å²) in [5, 5.41) is 12.6. The molecule has 0 aliphatic carbocycles. The molecular weight excluding hydrogens is 633 g/mol. The number of carbonyl (C=O) groups excluding carboxylic acids is 2. The zero-order valence-corrected chi connectivity index (χ0v) is 25.2. The predicted molar refractivity (Wildman–Crippen MR) is 172 cm³/mol. The molecule has 5 rings (SSSR count). The van der Waals surface area contributed by atoms with Gasteiger partial charge >= 0.3 is 0 Å². The second-order valence-corrected chi connectivity index (χ2v) is 11.1. The van der Waals surface area contributed by atoms with E-state index in [0.29, 0.717) is 16.9 Å². The van der Waals surface area contributed by atoms with Gasteiger partial charge in [-0.1, -0.05) is 57.9 Å². The highest BCUT2D eigenvalue weighted by atomic mass is 79.9. The molecule has 0 unspecified atom stereocenters. The first-order valence-electron chi connectivity index (χ1n) is 13.0. The Kier molecular flexibility index (Phi) is 9.55. The average molecular weight is 659 g/mol. The van der Waals surface area contributed by atoms with Gasteiger partial charge in [-0.05, 0) is 61.5 Å². The highest BCUT2D eigenvalue weighted by Crippen LogP contribution is 2.28. The minimum atomic E-state index is -0.541. The maximum absolute atomic E-state index is 13.8. The first kappa shape index (κ1) is 29.6. The number of carbonyl (C=O) groups is 2. The number of hydrogen-bond acceptors (Lipinski definition) is 7. The van der Waals surface area contributed by atoms with Crippen molar-refractivity contribution in [2.24, 2.45) is 5.10 Å². The molecule has 0 fully saturated rings. The van der Waals surface area contributed by atoms with Gasteiger partial charge in [0.1, 0.15) is 11.6 Å². The Morgan fingerprint density at radius 3 is 2.56 bits per heavy atom. The maximum Gasteiger partial charge on any atom is 0.271 e. The Hall–Kier alpha value is -4.87. The van der Waals surface area contributed by atoms with Crippen molar-refractivity contribution in [3.63, 3.8) is 0 Å². The Morgan fingerprint density at radius 2 is 1.79 bits per heavy atom. The van der Waals surface area contributed by atoms with Gasteiger partial charge < -0.3 is 15.4 Å². The summed E-state index contributed by atoms with van der Waals surface area (Å²) in [7, 11) is 0. The van der Waals surface area contributed by atoms with Crippen LogP contribution in [0.15, 0.2) is 106 Å². The largest absolute Gasteiger partial charge is 0.483 e. The average Bonchev–Trinajstić information content (AvgIpc) is 3.47. The number of thiazole rings is 1. The molecule has 43 heavy (non-hydrogen) atoms. The molecule has 2 amide bonds. The van der Waals surface area contributed by atoms with Crippen LogP contribution in [0.4, 0.5) is 20.9 Å². The molecule has 216 valence electrons. The van der Waals surface area contributed by atoms with Crippen LogP contribution >= 0.6 is 27.3 Å². The van der Waals surface area contributed by atoms with E-state index < -0.39 is 17.6 Å². The molecule has 0 bridgehead atoms. The topological polar surface area (TPSA) is 105 Å². The summed E-state index contributed by atoms with van der Waals surface area (Å²) in [6.45, 7) is 1.69. The molecule has 5 aromatic rings. The number of halogens is 2. The molecule has 0 radical (unpaired) electrons. The smallest absolute Gasteiger partial charge is 0.271 e. The van der Waals surface area contributed by atoms with Crippen molar-refractivity contribution in [1.29, 1.82) is 0 Å². The van der Waals surface area contributed by atoms with Gasteiger partial charge in [-0.3, -0.25) is 9.59 Å². The fourth-order valence-electron chi connectivity index (χ4n) is 3.89. The fraction of sp³-hybridized carbons (Fsp3) is 0.0625.